The number of hydrogen-bond donors (Lipinski definition) is 3. The minimum Gasteiger partial charge on any atom is -0.462 e. The van der Waals surface area contributed by atoms with Gasteiger partial charge in [-0.3, -0.25) is 37.3 Å². The molecule has 5 atom stereocenters. The van der Waals surface area contributed by atoms with Crippen molar-refractivity contribution in [2.75, 3.05) is 39.6 Å². The van der Waals surface area contributed by atoms with Gasteiger partial charge in [-0.15, -0.1) is 0 Å². The van der Waals surface area contributed by atoms with Crippen LogP contribution < -0.4 is 0 Å². The highest BCUT2D eigenvalue weighted by molar-refractivity contribution is 7.47. The first-order valence-corrected chi connectivity index (χ1v) is 44.8. The van der Waals surface area contributed by atoms with Gasteiger partial charge in [0.15, 0.2) is 12.2 Å². The number of carbonyl (C=O) groups is 4. The molecule has 0 saturated heterocycles. The highest BCUT2D eigenvalue weighted by atomic mass is 31.2. The Morgan fingerprint density at radius 1 is 0.269 bits per heavy atom. The van der Waals surface area contributed by atoms with E-state index in [0.29, 0.717) is 32.1 Å². The summed E-state index contributed by atoms with van der Waals surface area (Å²) in [5.74, 6) is -2.25. The summed E-state index contributed by atoms with van der Waals surface area (Å²) < 4.78 is 68.7. The van der Waals surface area contributed by atoms with Crippen LogP contribution in [0.15, 0.2) is 85.1 Å². The molecule has 3 N–H and O–H groups in total. The molecule has 0 aliphatic heterocycles. The highest BCUT2D eigenvalue weighted by Crippen LogP contribution is 2.45. The van der Waals surface area contributed by atoms with E-state index in [2.05, 4.69) is 101 Å². The number of phosphoric ester groups is 2. The van der Waals surface area contributed by atoms with Crippen LogP contribution in [0.4, 0.5) is 0 Å². The highest BCUT2D eigenvalue weighted by Gasteiger charge is 2.30. The van der Waals surface area contributed by atoms with Gasteiger partial charge in [0.25, 0.3) is 0 Å². The number of esters is 4. The summed E-state index contributed by atoms with van der Waals surface area (Å²) in [5, 5.41) is 10.7. The summed E-state index contributed by atoms with van der Waals surface area (Å²) in [5.41, 5.74) is 0. The Labute approximate surface area is 634 Å². The van der Waals surface area contributed by atoms with Gasteiger partial charge in [-0.25, -0.2) is 9.13 Å². The molecule has 0 aliphatic rings. The monoisotopic (exact) mass is 1510 g/mol. The van der Waals surface area contributed by atoms with E-state index < -0.39 is 97.5 Å². The van der Waals surface area contributed by atoms with Crippen molar-refractivity contribution < 1.29 is 80.2 Å². The molecule has 2 unspecified atom stereocenters. The minimum atomic E-state index is -4.99. The number of ether oxygens (including phenoxy) is 4. The Hall–Kier alpha value is -3.76. The van der Waals surface area contributed by atoms with Crippen LogP contribution in [0.25, 0.3) is 0 Å². The maximum absolute atomic E-state index is 13.1. The van der Waals surface area contributed by atoms with Crippen molar-refractivity contribution in [2.24, 2.45) is 0 Å². The average Bonchev–Trinajstić information content (AvgIpc) is 0.918. The van der Waals surface area contributed by atoms with Gasteiger partial charge in [0.05, 0.1) is 26.4 Å². The normalized spacial score (nSPS) is 14.3. The van der Waals surface area contributed by atoms with Gasteiger partial charge in [0, 0.05) is 25.7 Å². The molecule has 104 heavy (non-hydrogen) atoms. The molecule has 0 aromatic rings. The summed E-state index contributed by atoms with van der Waals surface area (Å²) >= 11 is 0. The molecule has 0 aliphatic carbocycles. The minimum absolute atomic E-state index is 0.0413. The van der Waals surface area contributed by atoms with Crippen LogP contribution in [0.5, 0.6) is 0 Å². The molecule has 0 aromatic carbocycles. The first-order valence-electron chi connectivity index (χ1n) is 41.8. The van der Waals surface area contributed by atoms with Crippen LogP contribution in [0.2, 0.25) is 0 Å². The average molecular weight is 1510 g/mol. The first kappa shape index (κ1) is 100. The van der Waals surface area contributed by atoms with E-state index in [1.807, 2.05) is 12.2 Å². The standard InChI is InChI=1S/C85H152O17P2/c1-5-9-13-17-21-25-29-33-37-38-39-40-44-46-50-54-58-62-66-70-83(88)96-76-81(102-85(90)72-68-64-60-56-52-48-43-36-32-28-24-20-16-12-8-4)78-100-104(93,94)98-74-79(86)73-97-103(91,92)99-77-80(101-84(89)71-67-63-59-55-51-47-42-35-31-27-23-19-15-11-7-3)75-95-82(87)69-65-61-57-53-49-45-41-34-30-26-22-18-14-10-6-2/h21,25-27,30-31,33,37,39-40,46,50,58,62,79-81,86H,5-20,22-24,28-29,32,34-36,38,41-45,47-49,51-57,59-61,63-78H2,1-4H3,(H,91,92)(H,93,94)/b25-21-,30-26-,31-27-,37-33-,40-39-,50-46-,62-58-/t79-,80+,81+/m0/s1. The zero-order valence-corrected chi connectivity index (χ0v) is 68.0. The van der Waals surface area contributed by atoms with E-state index in [1.54, 1.807) is 0 Å². The second-order valence-electron chi connectivity index (χ2n) is 28.1. The van der Waals surface area contributed by atoms with Crippen molar-refractivity contribution in [3.63, 3.8) is 0 Å². The molecule has 19 heteroatoms. The summed E-state index contributed by atoms with van der Waals surface area (Å²) in [7, 11) is -9.97. The lowest BCUT2D eigenvalue weighted by Gasteiger charge is -2.21. The van der Waals surface area contributed by atoms with Crippen molar-refractivity contribution in [1.82, 2.24) is 0 Å². The number of hydrogen-bond acceptors (Lipinski definition) is 15. The largest absolute Gasteiger partial charge is 0.472 e. The van der Waals surface area contributed by atoms with Crippen LogP contribution >= 0.6 is 15.6 Å². The van der Waals surface area contributed by atoms with Crippen molar-refractivity contribution in [1.29, 1.82) is 0 Å². The SMILES string of the molecule is CCCCC/C=C\C/C=C\C/C=C\C/C=C\C/C=C\CCC(=O)OC[C@H](COP(=O)(O)OC[C@@H](O)COP(=O)(O)OC[C@@H](COC(=O)CCCCCCCCC/C=C\CCCCCC)OC(=O)CCCCCCCCC/C=C\CCCCCC)OC(=O)CCCCCCCCCCCCCCCCC. The van der Waals surface area contributed by atoms with E-state index in [-0.39, 0.29) is 25.7 Å². The molecule has 0 heterocycles. The van der Waals surface area contributed by atoms with Gasteiger partial charge in [0.1, 0.15) is 19.3 Å². The van der Waals surface area contributed by atoms with Gasteiger partial charge >= 0.3 is 39.5 Å². The maximum Gasteiger partial charge on any atom is 0.472 e. The van der Waals surface area contributed by atoms with Crippen molar-refractivity contribution in [3.05, 3.63) is 85.1 Å². The molecule has 0 rings (SSSR count). The zero-order chi connectivity index (χ0) is 76.0. The predicted octanol–water partition coefficient (Wildman–Crippen LogP) is 24.6. The van der Waals surface area contributed by atoms with Crippen molar-refractivity contribution in [2.45, 2.75) is 393 Å². The lowest BCUT2D eigenvalue weighted by Crippen LogP contribution is -2.30. The molecular formula is C85H152O17P2. The fourth-order valence-corrected chi connectivity index (χ4v) is 13.0. The predicted molar refractivity (Wildman–Crippen MR) is 427 cm³/mol. The Kier molecular flexibility index (Phi) is 74.6. The smallest absolute Gasteiger partial charge is 0.462 e. The fourth-order valence-electron chi connectivity index (χ4n) is 11.4. The third-order valence-electron chi connectivity index (χ3n) is 17.8. The molecule has 0 bridgehead atoms. The Balaban J connectivity index is 5.40. The summed E-state index contributed by atoms with van der Waals surface area (Å²) in [4.78, 5) is 73.1. The number of aliphatic hydroxyl groups excluding tert-OH is 1. The lowest BCUT2D eigenvalue weighted by molar-refractivity contribution is -0.161. The summed E-state index contributed by atoms with van der Waals surface area (Å²) in [6.07, 6.45) is 81.3. The summed E-state index contributed by atoms with van der Waals surface area (Å²) in [6, 6.07) is 0. The molecule has 0 saturated carbocycles. The molecule has 17 nitrogen and oxygen atoms in total. The number of carbonyl (C=O) groups excluding carboxylic acids is 4. The number of allylic oxidation sites excluding steroid dienone is 14. The maximum atomic E-state index is 13.1. The van der Waals surface area contributed by atoms with E-state index in [4.69, 9.17) is 37.0 Å². The van der Waals surface area contributed by atoms with Crippen LogP contribution in [-0.2, 0) is 65.4 Å². The topological polar surface area (TPSA) is 237 Å². The Bertz CT molecular complexity index is 2300. The molecular weight excluding hydrogens is 1350 g/mol. The van der Waals surface area contributed by atoms with E-state index in [9.17, 15) is 43.2 Å². The van der Waals surface area contributed by atoms with Crippen LogP contribution in [0, 0.1) is 0 Å². The van der Waals surface area contributed by atoms with Crippen LogP contribution in [0.1, 0.15) is 374 Å². The van der Waals surface area contributed by atoms with Crippen molar-refractivity contribution in [3.8, 4) is 0 Å². The molecule has 604 valence electrons. The molecule has 0 amide bonds. The Morgan fingerprint density at radius 2 is 0.490 bits per heavy atom. The van der Waals surface area contributed by atoms with Crippen molar-refractivity contribution >= 4 is 39.5 Å². The zero-order valence-electron chi connectivity index (χ0n) is 66.2. The van der Waals surface area contributed by atoms with Gasteiger partial charge < -0.3 is 33.8 Å². The van der Waals surface area contributed by atoms with Crippen LogP contribution in [-0.4, -0.2) is 96.7 Å². The van der Waals surface area contributed by atoms with Gasteiger partial charge in [-0.2, -0.15) is 0 Å². The number of unbranched alkanes of at least 4 members (excludes halogenated alkanes) is 39. The third-order valence-corrected chi connectivity index (χ3v) is 19.7. The second kappa shape index (κ2) is 77.4. The first-order chi connectivity index (χ1) is 50.7. The summed E-state index contributed by atoms with van der Waals surface area (Å²) in [6.45, 7) is 4.81. The lowest BCUT2D eigenvalue weighted by atomic mass is 10.0. The molecule has 0 aromatic heterocycles. The number of aliphatic hydroxyl groups is 1. The number of phosphoric acid groups is 2. The quantitative estimate of drug-likeness (QED) is 0.0169. The van der Waals surface area contributed by atoms with Gasteiger partial charge in [0.2, 0.25) is 0 Å². The van der Waals surface area contributed by atoms with Crippen LogP contribution in [0.3, 0.4) is 0 Å². The van der Waals surface area contributed by atoms with E-state index in [0.717, 1.165) is 141 Å². The van der Waals surface area contributed by atoms with E-state index in [1.165, 1.54) is 148 Å². The third kappa shape index (κ3) is 76.4. The van der Waals surface area contributed by atoms with Gasteiger partial charge in [-0.05, 0) is 116 Å². The second-order valence-corrected chi connectivity index (χ2v) is 31.0. The molecule has 0 fully saturated rings. The van der Waals surface area contributed by atoms with Gasteiger partial charge in [-0.1, -0.05) is 318 Å². The van der Waals surface area contributed by atoms with E-state index >= 15 is 0 Å². The number of rotatable bonds is 79. The Morgan fingerprint density at radius 3 is 0.817 bits per heavy atom. The molecule has 0 radical (unpaired) electrons. The molecule has 0 spiro atoms. The fraction of sp³-hybridized carbons (Fsp3) is 0.788.